The minimum atomic E-state index is -2.95. The van der Waals surface area contributed by atoms with Gasteiger partial charge in [0.15, 0.2) is 9.84 Å². The lowest BCUT2D eigenvalue weighted by molar-refractivity contribution is 0.267. The first-order chi connectivity index (χ1) is 9.09. The molecule has 0 saturated heterocycles. The highest BCUT2D eigenvalue weighted by atomic mass is 32.2. The molecule has 112 valence electrons. The summed E-state index contributed by atoms with van der Waals surface area (Å²) in [6.07, 6.45) is 9.33. The molecule has 2 saturated carbocycles. The van der Waals surface area contributed by atoms with Crippen LogP contribution in [0.2, 0.25) is 0 Å². The van der Waals surface area contributed by atoms with E-state index in [1.165, 1.54) is 12.8 Å². The third-order valence-electron chi connectivity index (χ3n) is 5.23. The maximum absolute atomic E-state index is 12.9. The maximum atomic E-state index is 12.9. The Morgan fingerprint density at radius 3 is 2.37 bits per heavy atom. The van der Waals surface area contributed by atoms with Crippen LogP contribution in [0, 0.1) is 11.8 Å². The molecule has 3 nitrogen and oxygen atoms in total. The van der Waals surface area contributed by atoms with Gasteiger partial charge in [-0.25, -0.2) is 8.42 Å². The van der Waals surface area contributed by atoms with Gasteiger partial charge in [-0.05, 0) is 44.1 Å². The van der Waals surface area contributed by atoms with Gasteiger partial charge in [0.05, 0.1) is 10.5 Å². The summed E-state index contributed by atoms with van der Waals surface area (Å²) >= 11 is 0. The normalized spacial score (nSPS) is 33.7. The SMILES string of the molecule is CCCC1CCC(CN)C(S(=O)(=O)C2CCCC2)C1. The maximum Gasteiger partial charge on any atom is 0.156 e. The van der Waals surface area contributed by atoms with Gasteiger partial charge >= 0.3 is 0 Å². The monoisotopic (exact) mass is 287 g/mol. The van der Waals surface area contributed by atoms with Crippen molar-refractivity contribution in [1.82, 2.24) is 0 Å². The van der Waals surface area contributed by atoms with Crippen LogP contribution in [-0.4, -0.2) is 25.5 Å². The first-order valence-corrected chi connectivity index (χ1v) is 9.63. The first-order valence-electron chi connectivity index (χ1n) is 8.02. The number of rotatable bonds is 5. The zero-order valence-electron chi connectivity index (χ0n) is 12.2. The molecule has 2 aliphatic rings. The number of sulfone groups is 1. The van der Waals surface area contributed by atoms with Crippen molar-refractivity contribution in [2.45, 2.75) is 75.2 Å². The van der Waals surface area contributed by atoms with Gasteiger partial charge in [0, 0.05) is 0 Å². The lowest BCUT2D eigenvalue weighted by Crippen LogP contribution is -2.43. The van der Waals surface area contributed by atoms with Crippen molar-refractivity contribution in [2.24, 2.45) is 17.6 Å². The van der Waals surface area contributed by atoms with Crippen LogP contribution in [0.25, 0.3) is 0 Å². The molecule has 0 aromatic carbocycles. The average molecular weight is 287 g/mol. The number of nitrogens with two attached hydrogens (primary N) is 1. The van der Waals surface area contributed by atoms with Crippen LogP contribution in [0.3, 0.4) is 0 Å². The van der Waals surface area contributed by atoms with E-state index < -0.39 is 9.84 Å². The fraction of sp³-hybridized carbons (Fsp3) is 1.00. The van der Waals surface area contributed by atoms with E-state index in [9.17, 15) is 8.42 Å². The average Bonchev–Trinajstić information content (AvgIpc) is 2.93. The number of hydrogen-bond acceptors (Lipinski definition) is 3. The minimum Gasteiger partial charge on any atom is -0.330 e. The Labute approximate surface area is 118 Å². The van der Waals surface area contributed by atoms with Crippen molar-refractivity contribution < 1.29 is 8.42 Å². The molecule has 0 aliphatic heterocycles. The predicted octanol–water partition coefficient (Wildman–Crippen LogP) is 2.89. The molecule has 0 amide bonds. The second-order valence-corrected chi connectivity index (χ2v) is 8.95. The quantitative estimate of drug-likeness (QED) is 0.846. The van der Waals surface area contributed by atoms with E-state index in [1.807, 2.05) is 0 Å². The summed E-state index contributed by atoms with van der Waals surface area (Å²) in [5.74, 6) is 0.813. The van der Waals surface area contributed by atoms with Crippen LogP contribution in [0.1, 0.15) is 64.7 Å². The topological polar surface area (TPSA) is 60.2 Å². The zero-order valence-corrected chi connectivity index (χ0v) is 13.0. The second kappa shape index (κ2) is 6.57. The van der Waals surface area contributed by atoms with Crippen LogP contribution in [-0.2, 0) is 9.84 Å². The van der Waals surface area contributed by atoms with E-state index in [1.54, 1.807) is 0 Å². The number of hydrogen-bond donors (Lipinski definition) is 1. The van der Waals surface area contributed by atoms with Gasteiger partial charge in [0.1, 0.15) is 0 Å². The molecule has 0 aromatic heterocycles. The Bertz CT molecular complexity index is 374. The summed E-state index contributed by atoms with van der Waals surface area (Å²) in [5.41, 5.74) is 5.84. The van der Waals surface area contributed by atoms with Gasteiger partial charge in [0.25, 0.3) is 0 Å². The summed E-state index contributed by atoms with van der Waals surface area (Å²) < 4.78 is 25.7. The molecule has 4 heteroatoms. The standard InChI is InChI=1S/C15H29NO2S/c1-2-5-12-8-9-13(11-16)15(10-12)19(17,18)14-6-3-4-7-14/h12-15H,2-11,16H2,1H3. The highest BCUT2D eigenvalue weighted by Crippen LogP contribution is 2.39. The van der Waals surface area contributed by atoms with Crippen LogP contribution >= 0.6 is 0 Å². The van der Waals surface area contributed by atoms with Crippen LogP contribution in [0.4, 0.5) is 0 Å². The summed E-state index contributed by atoms with van der Waals surface area (Å²) in [6, 6.07) is 0. The van der Waals surface area contributed by atoms with Crippen molar-refractivity contribution in [3.63, 3.8) is 0 Å². The molecule has 3 atom stereocenters. The third-order valence-corrected chi connectivity index (χ3v) is 8.05. The van der Waals surface area contributed by atoms with Crippen molar-refractivity contribution in [1.29, 1.82) is 0 Å². The highest BCUT2D eigenvalue weighted by Gasteiger charge is 2.42. The Morgan fingerprint density at radius 2 is 1.79 bits per heavy atom. The Balaban J connectivity index is 2.12. The summed E-state index contributed by atoms with van der Waals surface area (Å²) in [7, 11) is -2.95. The van der Waals surface area contributed by atoms with Gasteiger partial charge in [-0.3, -0.25) is 0 Å². The molecule has 0 heterocycles. The van der Waals surface area contributed by atoms with Gasteiger partial charge in [0.2, 0.25) is 0 Å². The Kier molecular flexibility index (Phi) is 5.29. The van der Waals surface area contributed by atoms with E-state index in [0.29, 0.717) is 12.5 Å². The van der Waals surface area contributed by atoms with Crippen LogP contribution in [0.5, 0.6) is 0 Å². The van der Waals surface area contributed by atoms with Gasteiger partial charge < -0.3 is 5.73 Å². The molecule has 0 radical (unpaired) electrons. The Morgan fingerprint density at radius 1 is 1.11 bits per heavy atom. The van der Waals surface area contributed by atoms with E-state index in [-0.39, 0.29) is 16.4 Å². The zero-order chi connectivity index (χ0) is 13.9. The molecule has 2 aliphatic carbocycles. The van der Waals surface area contributed by atoms with E-state index in [2.05, 4.69) is 6.92 Å². The van der Waals surface area contributed by atoms with Crippen molar-refractivity contribution in [3.05, 3.63) is 0 Å². The van der Waals surface area contributed by atoms with Gasteiger partial charge in [-0.15, -0.1) is 0 Å². The van der Waals surface area contributed by atoms with Crippen molar-refractivity contribution in [3.8, 4) is 0 Å². The summed E-state index contributed by atoms with van der Waals surface area (Å²) in [5, 5.41) is -0.210. The summed E-state index contributed by atoms with van der Waals surface area (Å²) in [4.78, 5) is 0. The van der Waals surface area contributed by atoms with E-state index in [4.69, 9.17) is 5.73 Å². The molecule has 0 bridgehead atoms. The molecular formula is C15H29NO2S. The molecule has 2 N–H and O–H groups in total. The van der Waals surface area contributed by atoms with Crippen LogP contribution < -0.4 is 5.73 Å². The fourth-order valence-electron chi connectivity index (χ4n) is 4.08. The third kappa shape index (κ3) is 3.33. The molecule has 0 aromatic rings. The lowest BCUT2D eigenvalue weighted by atomic mass is 9.80. The fourth-order valence-corrected chi connectivity index (χ4v) is 6.89. The molecule has 3 unspecified atom stereocenters. The first kappa shape index (κ1) is 15.3. The lowest BCUT2D eigenvalue weighted by Gasteiger charge is -2.36. The second-order valence-electron chi connectivity index (χ2n) is 6.50. The molecule has 19 heavy (non-hydrogen) atoms. The van der Waals surface area contributed by atoms with E-state index >= 15 is 0 Å². The predicted molar refractivity (Wildman–Crippen MR) is 79.8 cm³/mol. The summed E-state index contributed by atoms with van der Waals surface area (Å²) in [6.45, 7) is 2.73. The minimum absolute atomic E-state index is 0.0630. The Hall–Kier alpha value is -0.0900. The smallest absolute Gasteiger partial charge is 0.156 e. The van der Waals surface area contributed by atoms with Gasteiger partial charge in [-0.1, -0.05) is 39.0 Å². The largest absolute Gasteiger partial charge is 0.330 e. The molecular weight excluding hydrogens is 258 g/mol. The molecule has 0 spiro atoms. The molecule has 2 fully saturated rings. The van der Waals surface area contributed by atoms with Crippen molar-refractivity contribution in [2.75, 3.05) is 6.54 Å². The van der Waals surface area contributed by atoms with E-state index in [0.717, 1.165) is 44.9 Å². The van der Waals surface area contributed by atoms with Gasteiger partial charge in [-0.2, -0.15) is 0 Å². The highest BCUT2D eigenvalue weighted by molar-refractivity contribution is 7.92. The molecule has 2 rings (SSSR count). The van der Waals surface area contributed by atoms with Crippen molar-refractivity contribution >= 4 is 9.84 Å². The van der Waals surface area contributed by atoms with Crippen LogP contribution in [0.15, 0.2) is 0 Å².